The maximum absolute atomic E-state index is 13.6. The van der Waals surface area contributed by atoms with Crippen LogP contribution in [0.1, 0.15) is 27.6 Å². The number of halogens is 2. The lowest BCUT2D eigenvalue weighted by Gasteiger charge is -2.31. The third-order valence-electron chi connectivity index (χ3n) is 4.54. The number of hydrogen-bond donors (Lipinski definition) is 1. The third kappa shape index (κ3) is 2.68. The number of fused-ring (bicyclic) bond motifs is 2. The molecule has 0 saturated heterocycles. The van der Waals surface area contributed by atoms with E-state index in [1.54, 1.807) is 6.07 Å². The van der Waals surface area contributed by atoms with E-state index in [-0.39, 0.29) is 23.1 Å². The molecule has 0 unspecified atom stereocenters. The quantitative estimate of drug-likeness (QED) is 0.546. The Morgan fingerprint density at radius 2 is 2.21 bits per heavy atom. The van der Waals surface area contributed by atoms with Crippen LogP contribution in [0.3, 0.4) is 0 Å². The van der Waals surface area contributed by atoms with E-state index in [0.717, 1.165) is 6.20 Å². The fraction of sp³-hybridized carbons (Fsp3) is 0.263. The highest BCUT2D eigenvalue weighted by atomic mass is 35.5. The van der Waals surface area contributed by atoms with Gasteiger partial charge in [-0.2, -0.15) is 10.2 Å². The molecule has 0 aromatic carbocycles. The van der Waals surface area contributed by atoms with Crippen LogP contribution in [0.4, 0.5) is 4.39 Å². The highest BCUT2D eigenvalue weighted by molar-refractivity contribution is 6.35. The summed E-state index contributed by atoms with van der Waals surface area (Å²) in [7, 11) is 0. The molecule has 0 amide bonds. The summed E-state index contributed by atoms with van der Waals surface area (Å²) < 4.78 is 68.0. The summed E-state index contributed by atoms with van der Waals surface area (Å²) in [6.45, 7) is -6.85. The minimum atomic E-state index is -2.96. The van der Waals surface area contributed by atoms with Gasteiger partial charge in [-0.15, -0.1) is 0 Å². The van der Waals surface area contributed by atoms with Gasteiger partial charge in [0.2, 0.25) is 0 Å². The lowest BCUT2D eigenvalue weighted by molar-refractivity contribution is -0.0657. The van der Waals surface area contributed by atoms with Crippen LogP contribution < -0.4 is 0 Å². The van der Waals surface area contributed by atoms with Crippen LogP contribution in [0.25, 0.3) is 33.5 Å². The van der Waals surface area contributed by atoms with Crippen LogP contribution in [0.2, 0.25) is 5.15 Å². The molecule has 0 spiro atoms. The molecule has 1 aliphatic rings. The molecule has 4 aromatic rings. The first-order chi connectivity index (χ1) is 15.9. The lowest BCUT2D eigenvalue weighted by atomic mass is 9.98. The van der Waals surface area contributed by atoms with Crippen LogP contribution in [-0.2, 0) is 17.9 Å². The Balaban J connectivity index is 1.79. The molecule has 5 heterocycles. The van der Waals surface area contributed by atoms with Crippen molar-refractivity contribution in [3.63, 3.8) is 0 Å². The summed E-state index contributed by atoms with van der Waals surface area (Å²) in [6, 6.07) is 4.30. The van der Waals surface area contributed by atoms with Gasteiger partial charge in [0, 0.05) is 25.5 Å². The van der Waals surface area contributed by atoms with Gasteiger partial charge in [-0.25, -0.2) is 9.37 Å². The minimum absolute atomic E-state index is 0.215. The molecule has 1 N–H and O–H groups in total. The largest absolute Gasteiger partial charge is 0.367 e. The van der Waals surface area contributed by atoms with Gasteiger partial charge in [-0.1, -0.05) is 11.6 Å². The Bertz CT molecular complexity index is 1380. The zero-order valence-corrected chi connectivity index (χ0v) is 15.0. The van der Waals surface area contributed by atoms with Crippen LogP contribution in [-0.4, -0.2) is 35.5 Å². The first kappa shape index (κ1) is 11.9. The molecular weight excluding hydrogens is 383 g/mol. The highest BCUT2D eigenvalue weighted by Gasteiger charge is 2.32. The normalized spacial score (nSPS) is 19.8. The van der Waals surface area contributed by atoms with Crippen molar-refractivity contribution < 1.29 is 17.4 Å². The van der Waals surface area contributed by atoms with E-state index in [4.69, 9.17) is 24.6 Å². The van der Waals surface area contributed by atoms with Crippen LogP contribution in [0, 0.1) is 5.82 Å². The van der Waals surface area contributed by atoms with Gasteiger partial charge < -0.3 is 4.74 Å². The molecule has 0 bridgehead atoms. The molecule has 0 aliphatic carbocycles. The van der Waals surface area contributed by atoms with E-state index < -0.39 is 31.7 Å². The summed E-state index contributed by atoms with van der Waals surface area (Å²) in [6.07, 6.45) is 2.54. The molecule has 0 radical (unpaired) electrons. The molecule has 9 heteroatoms. The molecule has 1 aliphatic heterocycles. The monoisotopic (exact) mass is 404 g/mol. The first-order valence-electron chi connectivity index (χ1n) is 11.3. The first-order valence-corrected chi connectivity index (χ1v) is 8.65. The Morgan fingerprint density at radius 3 is 3.00 bits per heavy atom. The summed E-state index contributed by atoms with van der Waals surface area (Å²) in [5, 5.41) is 11.9. The van der Waals surface area contributed by atoms with Gasteiger partial charge in [0.15, 0.2) is 5.65 Å². The average Bonchev–Trinajstić information content (AvgIpc) is 3.33. The van der Waals surface area contributed by atoms with E-state index in [1.165, 1.54) is 23.0 Å². The number of H-pyrrole nitrogens is 1. The maximum atomic E-state index is 13.6. The van der Waals surface area contributed by atoms with E-state index in [9.17, 15) is 4.39 Å². The molecule has 5 rings (SSSR count). The van der Waals surface area contributed by atoms with Crippen molar-refractivity contribution in [3.8, 4) is 22.5 Å². The van der Waals surface area contributed by atoms with Crippen LogP contribution >= 0.6 is 11.6 Å². The number of aromatic nitrogens is 6. The predicted molar refractivity (Wildman–Crippen MR) is 102 cm³/mol. The Morgan fingerprint density at radius 1 is 1.32 bits per heavy atom. The summed E-state index contributed by atoms with van der Waals surface area (Å²) in [5.74, 6) is -0.550. The summed E-state index contributed by atoms with van der Waals surface area (Å²) in [5.41, 5.74) is -0.146. The molecule has 28 heavy (non-hydrogen) atoms. The zero-order valence-electron chi connectivity index (χ0n) is 20.2. The van der Waals surface area contributed by atoms with Crippen molar-refractivity contribution >= 4 is 22.6 Å². The lowest BCUT2D eigenvalue weighted by Crippen LogP contribution is -2.36. The predicted octanol–water partition coefficient (Wildman–Crippen LogP) is 3.98. The number of aromatic amines is 1. The molecule has 0 atom stereocenters. The molecule has 0 fully saturated rings. The number of hydrogen-bond acceptors (Lipinski definition) is 5. The fourth-order valence-corrected chi connectivity index (χ4v) is 3.55. The summed E-state index contributed by atoms with van der Waals surface area (Å²) >= 11 is 6.33. The Hall–Kier alpha value is -2.84. The molecule has 4 aromatic heterocycles. The zero-order chi connectivity index (χ0) is 24.5. The van der Waals surface area contributed by atoms with Crippen molar-refractivity contribution in [2.75, 3.05) is 0 Å². The second-order valence-corrected chi connectivity index (χ2v) is 6.78. The Kier molecular flexibility index (Phi) is 2.58. The second-order valence-electron chi connectivity index (χ2n) is 6.40. The number of ether oxygens (including phenoxy) is 1. The average molecular weight is 405 g/mol. The number of nitrogens with zero attached hydrogens (tertiary/aromatic N) is 5. The topological polar surface area (TPSA) is 81.5 Å². The van der Waals surface area contributed by atoms with Crippen LogP contribution in [0.15, 0.2) is 30.6 Å². The second kappa shape index (κ2) is 6.08. The third-order valence-corrected chi connectivity index (χ3v) is 4.81. The van der Waals surface area contributed by atoms with Gasteiger partial charge in [0.25, 0.3) is 0 Å². The van der Waals surface area contributed by atoms with E-state index in [0.29, 0.717) is 27.9 Å². The van der Waals surface area contributed by atoms with E-state index in [2.05, 4.69) is 25.3 Å². The van der Waals surface area contributed by atoms with E-state index >= 15 is 0 Å². The number of nitrogens with one attached hydrogen (secondary N) is 1. The van der Waals surface area contributed by atoms with Crippen LogP contribution in [0.5, 0.6) is 0 Å². The fourth-order valence-electron chi connectivity index (χ4n) is 3.32. The molecule has 142 valence electrons. The van der Waals surface area contributed by atoms with Gasteiger partial charge in [0.1, 0.15) is 16.7 Å². The van der Waals surface area contributed by atoms with Gasteiger partial charge >= 0.3 is 0 Å². The SMILES string of the molecule is [2H]C([2H])([2H])C1(C([2H])([2H])[2H])Cn2nc(-c3ccc(F)cn3)c(-c3ccnc4n[nH]c(Cl)c34)c2CO1. The minimum Gasteiger partial charge on any atom is -0.367 e. The van der Waals surface area contributed by atoms with Gasteiger partial charge in [-0.05, 0) is 31.9 Å². The van der Waals surface area contributed by atoms with Gasteiger partial charge in [-0.3, -0.25) is 14.8 Å². The smallest absolute Gasteiger partial charge is 0.183 e. The standard InChI is InChI=1S/C19H16ClFN6O/c1-19(2)9-27-13(8-28-19)14(16(26-27)12-4-3-10(21)7-23-12)11-5-6-22-18-15(11)17(20)24-25-18/h3-7H,8-9H2,1-2H3,(H,22,24,25)/i1D3,2D3. The van der Waals surface area contributed by atoms with E-state index in [1.807, 2.05) is 0 Å². The maximum Gasteiger partial charge on any atom is 0.183 e. The van der Waals surface area contributed by atoms with Crippen molar-refractivity contribution in [1.29, 1.82) is 0 Å². The van der Waals surface area contributed by atoms with Gasteiger partial charge in [0.05, 0.1) is 41.7 Å². The van der Waals surface area contributed by atoms with Crippen molar-refractivity contribution in [3.05, 3.63) is 47.3 Å². The molecule has 7 nitrogen and oxygen atoms in total. The summed E-state index contributed by atoms with van der Waals surface area (Å²) in [4.78, 5) is 8.30. The van der Waals surface area contributed by atoms with Crippen molar-refractivity contribution in [2.24, 2.45) is 0 Å². The highest BCUT2D eigenvalue weighted by Crippen LogP contribution is 2.41. The molecule has 0 saturated carbocycles. The van der Waals surface area contributed by atoms with Crippen molar-refractivity contribution in [2.45, 2.75) is 32.5 Å². The Labute approximate surface area is 173 Å². The van der Waals surface area contributed by atoms with Crippen molar-refractivity contribution in [1.82, 2.24) is 29.9 Å². The molecular formula is C19H16ClFN6O. The number of pyridine rings is 2. The number of rotatable bonds is 2.